The highest BCUT2D eigenvalue weighted by Crippen LogP contribution is 2.20. The normalized spacial score (nSPS) is 16.8. The number of ether oxygens (including phenoxy) is 1. The van der Waals surface area contributed by atoms with Crippen molar-refractivity contribution >= 4 is 24.0 Å². The number of anilines is 1. The van der Waals surface area contributed by atoms with Crippen molar-refractivity contribution in [1.29, 1.82) is 0 Å². The van der Waals surface area contributed by atoms with E-state index in [-0.39, 0.29) is 24.2 Å². The fourth-order valence-electron chi connectivity index (χ4n) is 2.76. The molecule has 4 nitrogen and oxygen atoms in total. The molecule has 1 atom stereocenters. The number of piperidine rings is 1. The lowest BCUT2D eigenvalue weighted by molar-refractivity contribution is -0.120. The van der Waals surface area contributed by atoms with E-state index in [2.05, 4.69) is 10.6 Å². The minimum atomic E-state index is 0. The summed E-state index contributed by atoms with van der Waals surface area (Å²) in [6.45, 7) is 2.20. The fraction of sp³-hybridized carbons (Fsp3) is 0.316. The van der Waals surface area contributed by atoms with Crippen LogP contribution in [0.3, 0.4) is 0 Å². The summed E-state index contributed by atoms with van der Waals surface area (Å²) in [7, 11) is 0. The van der Waals surface area contributed by atoms with Crippen LogP contribution in [0.1, 0.15) is 18.4 Å². The molecule has 0 saturated carbocycles. The van der Waals surface area contributed by atoms with Gasteiger partial charge in [0, 0.05) is 17.8 Å². The third-order valence-corrected chi connectivity index (χ3v) is 4.08. The van der Waals surface area contributed by atoms with Crippen molar-refractivity contribution in [2.75, 3.05) is 18.4 Å². The zero-order chi connectivity index (χ0) is 15.9. The van der Waals surface area contributed by atoms with E-state index in [9.17, 15) is 4.79 Å². The van der Waals surface area contributed by atoms with E-state index >= 15 is 0 Å². The molecule has 1 aliphatic rings. The maximum absolute atomic E-state index is 12.4. The van der Waals surface area contributed by atoms with Gasteiger partial charge in [-0.05, 0) is 37.6 Å². The Morgan fingerprint density at radius 2 is 1.88 bits per heavy atom. The summed E-state index contributed by atoms with van der Waals surface area (Å²) in [6, 6.07) is 17.5. The first-order chi connectivity index (χ1) is 11.3. The summed E-state index contributed by atoms with van der Waals surface area (Å²) in [6.07, 6.45) is 2.00. The number of nitrogens with one attached hydrogen (secondary N) is 2. The van der Waals surface area contributed by atoms with Crippen LogP contribution in [-0.4, -0.2) is 19.0 Å². The SMILES string of the molecule is Cl.O=C(Nc1ccccc1COc1ccccc1)C1CCCNC1. The Morgan fingerprint density at radius 3 is 2.62 bits per heavy atom. The van der Waals surface area contributed by atoms with Crippen LogP contribution in [0, 0.1) is 5.92 Å². The average molecular weight is 347 g/mol. The van der Waals surface area contributed by atoms with Crippen molar-refractivity contribution in [2.45, 2.75) is 19.4 Å². The van der Waals surface area contributed by atoms with Crippen molar-refractivity contribution in [3.63, 3.8) is 0 Å². The molecule has 1 amide bonds. The maximum atomic E-state index is 12.4. The van der Waals surface area contributed by atoms with Gasteiger partial charge in [-0.25, -0.2) is 0 Å². The largest absolute Gasteiger partial charge is 0.489 e. The number of rotatable bonds is 5. The molecule has 2 aromatic carbocycles. The van der Waals surface area contributed by atoms with E-state index in [4.69, 9.17) is 4.74 Å². The highest BCUT2D eigenvalue weighted by atomic mass is 35.5. The van der Waals surface area contributed by atoms with Crippen LogP contribution in [0.15, 0.2) is 54.6 Å². The molecule has 0 aromatic heterocycles. The van der Waals surface area contributed by atoms with Crippen molar-refractivity contribution in [3.8, 4) is 5.75 Å². The zero-order valence-corrected chi connectivity index (χ0v) is 14.4. The summed E-state index contributed by atoms with van der Waals surface area (Å²) in [5.41, 5.74) is 1.81. The third-order valence-electron chi connectivity index (χ3n) is 4.08. The maximum Gasteiger partial charge on any atom is 0.228 e. The van der Waals surface area contributed by atoms with Gasteiger partial charge in [0.2, 0.25) is 5.91 Å². The van der Waals surface area contributed by atoms with E-state index in [0.29, 0.717) is 6.61 Å². The molecule has 2 aromatic rings. The van der Waals surface area contributed by atoms with Gasteiger partial charge in [0.05, 0.1) is 5.92 Å². The summed E-state index contributed by atoms with van der Waals surface area (Å²) in [5.74, 6) is 0.960. The Morgan fingerprint density at radius 1 is 1.12 bits per heavy atom. The number of carbonyl (C=O) groups is 1. The minimum absolute atomic E-state index is 0. The molecule has 0 bridgehead atoms. The molecule has 128 valence electrons. The summed E-state index contributed by atoms with van der Waals surface area (Å²) < 4.78 is 5.80. The molecule has 1 unspecified atom stereocenters. The van der Waals surface area contributed by atoms with Crippen LogP contribution in [0.25, 0.3) is 0 Å². The number of benzene rings is 2. The Kier molecular flexibility index (Phi) is 7.09. The highest BCUT2D eigenvalue weighted by molar-refractivity contribution is 5.93. The molecule has 0 radical (unpaired) electrons. The van der Waals surface area contributed by atoms with Gasteiger partial charge in [-0.15, -0.1) is 12.4 Å². The number of halogens is 1. The van der Waals surface area contributed by atoms with Crippen molar-refractivity contribution < 1.29 is 9.53 Å². The second-order valence-corrected chi connectivity index (χ2v) is 5.79. The van der Waals surface area contributed by atoms with E-state index in [1.807, 2.05) is 54.6 Å². The number of hydrogen-bond donors (Lipinski definition) is 2. The van der Waals surface area contributed by atoms with Crippen LogP contribution >= 0.6 is 12.4 Å². The Labute approximate surface area is 149 Å². The van der Waals surface area contributed by atoms with Crippen molar-refractivity contribution in [3.05, 3.63) is 60.2 Å². The van der Waals surface area contributed by atoms with Gasteiger partial charge >= 0.3 is 0 Å². The van der Waals surface area contributed by atoms with Crippen molar-refractivity contribution in [1.82, 2.24) is 5.32 Å². The first kappa shape index (κ1) is 18.3. The number of hydrogen-bond acceptors (Lipinski definition) is 3. The minimum Gasteiger partial charge on any atom is -0.489 e. The lowest BCUT2D eigenvalue weighted by Crippen LogP contribution is -2.37. The Balaban J connectivity index is 0.00000208. The predicted molar refractivity (Wildman–Crippen MR) is 98.7 cm³/mol. The second kappa shape index (κ2) is 9.30. The molecule has 5 heteroatoms. The standard InChI is InChI=1S/C19H22N2O2.ClH/c22-19(15-8-6-12-20-13-15)21-18-11-5-4-7-16(18)14-23-17-9-2-1-3-10-17;/h1-5,7,9-11,15,20H,6,8,12-14H2,(H,21,22);1H. The van der Waals surface area contributed by atoms with Crippen LogP contribution in [0.5, 0.6) is 5.75 Å². The number of para-hydroxylation sites is 2. The zero-order valence-electron chi connectivity index (χ0n) is 13.5. The molecule has 1 aliphatic heterocycles. The monoisotopic (exact) mass is 346 g/mol. The first-order valence-corrected chi connectivity index (χ1v) is 8.10. The molecular formula is C19H23ClN2O2. The van der Waals surface area contributed by atoms with E-state index in [1.54, 1.807) is 0 Å². The number of carbonyl (C=O) groups excluding carboxylic acids is 1. The molecule has 1 saturated heterocycles. The van der Waals surface area contributed by atoms with Gasteiger partial charge in [0.15, 0.2) is 0 Å². The van der Waals surface area contributed by atoms with Gasteiger partial charge < -0.3 is 15.4 Å². The van der Waals surface area contributed by atoms with Gasteiger partial charge in [-0.1, -0.05) is 36.4 Å². The lowest BCUT2D eigenvalue weighted by Gasteiger charge is -2.22. The first-order valence-electron chi connectivity index (χ1n) is 8.10. The van der Waals surface area contributed by atoms with E-state index < -0.39 is 0 Å². The van der Waals surface area contributed by atoms with Crippen LogP contribution in [0.2, 0.25) is 0 Å². The van der Waals surface area contributed by atoms with Gasteiger partial charge in [-0.2, -0.15) is 0 Å². The van der Waals surface area contributed by atoms with Gasteiger partial charge in [-0.3, -0.25) is 4.79 Å². The smallest absolute Gasteiger partial charge is 0.228 e. The predicted octanol–water partition coefficient (Wildman–Crippen LogP) is 3.63. The number of amides is 1. The van der Waals surface area contributed by atoms with Crippen LogP contribution in [-0.2, 0) is 11.4 Å². The van der Waals surface area contributed by atoms with Crippen LogP contribution in [0.4, 0.5) is 5.69 Å². The highest BCUT2D eigenvalue weighted by Gasteiger charge is 2.21. The van der Waals surface area contributed by atoms with Crippen molar-refractivity contribution in [2.24, 2.45) is 5.92 Å². The lowest BCUT2D eigenvalue weighted by atomic mass is 9.98. The molecule has 1 heterocycles. The summed E-state index contributed by atoms with van der Waals surface area (Å²) >= 11 is 0. The summed E-state index contributed by atoms with van der Waals surface area (Å²) in [5, 5.41) is 6.33. The quantitative estimate of drug-likeness (QED) is 0.869. The molecule has 1 fully saturated rings. The summed E-state index contributed by atoms with van der Waals surface area (Å²) in [4.78, 5) is 12.4. The molecule has 3 rings (SSSR count). The third kappa shape index (κ3) is 4.98. The van der Waals surface area contributed by atoms with E-state index in [1.165, 1.54) is 0 Å². The molecule has 0 aliphatic carbocycles. The topological polar surface area (TPSA) is 50.4 Å². The Bertz CT molecular complexity index is 643. The molecule has 0 spiro atoms. The van der Waals surface area contributed by atoms with E-state index in [0.717, 1.165) is 42.9 Å². The second-order valence-electron chi connectivity index (χ2n) is 5.79. The molecular weight excluding hydrogens is 324 g/mol. The van der Waals surface area contributed by atoms with Gasteiger partial charge in [0.25, 0.3) is 0 Å². The fourth-order valence-corrected chi connectivity index (χ4v) is 2.76. The molecule has 2 N–H and O–H groups in total. The average Bonchev–Trinajstić information content (AvgIpc) is 2.62. The molecule has 24 heavy (non-hydrogen) atoms. The van der Waals surface area contributed by atoms with Crippen LogP contribution < -0.4 is 15.4 Å². The van der Waals surface area contributed by atoms with Gasteiger partial charge in [0.1, 0.15) is 12.4 Å². The Hall–Kier alpha value is -2.04.